The smallest absolute Gasteiger partial charge is 0.242 e. The van der Waals surface area contributed by atoms with Crippen molar-refractivity contribution in [3.05, 3.63) is 22.3 Å². The number of allylic oxidation sites excluding steroid dienone is 4. The Morgan fingerprint density at radius 2 is 1.04 bits per heavy atom. The van der Waals surface area contributed by atoms with Crippen LogP contribution in [-0.2, 0) is 14.4 Å². The van der Waals surface area contributed by atoms with Gasteiger partial charge in [-0.3, -0.25) is 14.4 Å². The molecule has 0 heterocycles. The summed E-state index contributed by atoms with van der Waals surface area (Å²) in [5, 5.41) is 9.11. The summed E-state index contributed by atoms with van der Waals surface area (Å²) in [6.45, 7) is 17.7. The van der Waals surface area contributed by atoms with Crippen molar-refractivity contribution in [1.82, 2.24) is 16.0 Å². The van der Waals surface area contributed by atoms with Gasteiger partial charge < -0.3 is 16.0 Å². The molecule has 3 amide bonds. The molecule has 6 heteroatoms. The van der Waals surface area contributed by atoms with E-state index >= 15 is 0 Å². The fourth-order valence-corrected chi connectivity index (χ4v) is 8.88. The van der Waals surface area contributed by atoms with Gasteiger partial charge in [0.05, 0.1) is 0 Å². The fourth-order valence-electron chi connectivity index (χ4n) is 8.88. The lowest BCUT2D eigenvalue weighted by atomic mass is 9.71. The molecule has 0 spiro atoms. The highest BCUT2D eigenvalue weighted by Gasteiger charge is 2.28. The minimum Gasteiger partial charge on any atom is -0.356 e. The monoisotopic (exact) mass is 726 g/mol. The number of unbranched alkanes of at least 4 members (excludes halogenated alkanes) is 12. The van der Waals surface area contributed by atoms with E-state index in [0.29, 0.717) is 43.2 Å². The number of hydrogen-bond donors (Lipinski definition) is 3. The van der Waals surface area contributed by atoms with E-state index < -0.39 is 6.04 Å². The molecule has 6 nitrogen and oxygen atoms in total. The maximum absolute atomic E-state index is 12.9. The summed E-state index contributed by atoms with van der Waals surface area (Å²) in [5.41, 5.74) is 7.46. The largest absolute Gasteiger partial charge is 0.356 e. The Kier molecular flexibility index (Phi) is 22.9. The van der Waals surface area contributed by atoms with Gasteiger partial charge in [0.2, 0.25) is 17.7 Å². The molecule has 2 aliphatic rings. The Morgan fingerprint density at radius 1 is 0.577 bits per heavy atom. The van der Waals surface area contributed by atoms with Crippen molar-refractivity contribution in [2.24, 2.45) is 10.8 Å². The molecule has 0 aromatic carbocycles. The first kappa shape index (κ1) is 46.0. The van der Waals surface area contributed by atoms with Crippen LogP contribution in [0, 0.1) is 10.8 Å². The third kappa shape index (κ3) is 18.8. The molecule has 0 fully saturated rings. The molecule has 0 aromatic rings. The Balaban J connectivity index is 1.54. The first-order valence-electron chi connectivity index (χ1n) is 22.1. The van der Waals surface area contributed by atoms with Crippen molar-refractivity contribution in [2.75, 3.05) is 13.1 Å². The molecule has 0 saturated heterocycles. The van der Waals surface area contributed by atoms with Crippen LogP contribution in [0.1, 0.15) is 222 Å². The second-order valence-electron chi connectivity index (χ2n) is 17.8. The predicted molar refractivity (Wildman–Crippen MR) is 221 cm³/mol. The molecule has 0 radical (unpaired) electrons. The molecule has 0 bridgehead atoms. The fraction of sp³-hybridized carbons (Fsp3) is 0.848. The van der Waals surface area contributed by atoms with Gasteiger partial charge in [0.25, 0.3) is 0 Å². The molecule has 1 unspecified atom stereocenters. The molecular formula is C46H83N3O3. The highest BCUT2D eigenvalue weighted by molar-refractivity contribution is 5.87. The lowest BCUT2D eigenvalue weighted by Gasteiger charge is -2.34. The van der Waals surface area contributed by atoms with Crippen molar-refractivity contribution >= 4 is 17.7 Å². The zero-order valence-electron chi connectivity index (χ0n) is 35.3. The van der Waals surface area contributed by atoms with Crippen LogP contribution in [0.2, 0.25) is 0 Å². The van der Waals surface area contributed by atoms with Gasteiger partial charge in [-0.05, 0) is 127 Å². The average molecular weight is 726 g/mol. The summed E-state index contributed by atoms with van der Waals surface area (Å²) in [6.07, 6.45) is 29.6. The van der Waals surface area contributed by atoms with E-state index in [-0.39, 0.29) is 17.7 Å². The van der Waals surface area contributed by atoms with E-state index in [1.165, 1.54) is 103 Å². The first-order valence-corrected chi connectivity index (χ1v) is 22.1. The van der Waals surface area contributed by atoms with Crippen LogP contribution in [0.25, 0.3) is 0 Å². The first-order chi connectivity index (χ1) is 24.9. The topological polar surface area (TPSA) is 87.3 Å². The van der Waals surface area contributed by atoms with E-state index in [1.807, 2.05) is 0 Å². The minimum atomic E-state index is -0.503. The molecule has 0 aromatic heterocycles. The summed E-state index contributed by atoms with van der Waals surface area (Å²) in [6, 6.07) is -0.503. The molecule has 2 rings (SSSR count). The quantitative estimate of drug-likeness (QED) is 0.0554. The maximum atomic E-state index is 12.9. The number of carbonyl (C=O) groups excluding carboxylic acids is 3. The van der Waals surface area contributed by atoms with Crippen molar-refractivity contribution in [3.63, 3.8) is 0 Å². The van der Waals surface area contributed by atoms with Crippen LogP contribution in [-0.4, -0.2) is 36.9 Å². The number of hydrogen-bond acceptors (Lipinski definition) is 3. The zero-order valence-corrected chi connectivity index (χ0v) is 35.3. The van der Waals surface area contributed by atoms with Crippen LogP contribution >= 0.6 is 0 Å². The van der Waals surface area contributed by atoms with Gasteiger partial charge in [-0.1, -0.05) is 115 Å². The zero-order chi connectivity index (χ0) is 38.2. The SMILES string of the molecule is CCCCNC(=O)C(CCCCNC(=O)CCCCCCCCC1=C(C)CCCC1(C)C)NC(=O)CCCCCCCCC1=C(C)CCCC1(C)C. The minimum absolute atomic E-state index is 0.0217. The number of carbonyl (C=O) groups is 3. The number of rotatable bonds is 28. The highest BCUT2D eigenvalue weighted by atomic mass is 16.2. The van der Waals surface area contributed by atoms with Crippen molar-refractivity contribution in [2.45, 2.75) is 228 Å². The number of nitrogens with one attached hydrogen (secondary N) is 3. The Morgan fingerprint density at radius 3 is 1.54 bits per heavy atom. The van der Waals surface area contributed by atoms with Gasteiger partial charge in [0.1, 0.15) is 6.04 Å². The van der Waals surface area contributed by atoms with Gasteiger partial charge in [0.15, 0.2) is 0 Å². The lowest BCUT2D eigenvalue weighted by Crippen LogP contribution is -2.47. The molecular weight excluding hydrogens is 643 g/mol. The lowest BCUT2D eigenvalue weighted by molar-refractivity contribution is -0.129. The molecule has 300 valence electrons. The van der Waals surface area contributed by atoms with Crippen molar-refractivity contribution in [3.8, 4) is 0 Å². The Labute approximate surface area is 321 Å². The summed E-state index contributed by atoms with van der Waals surface area (Å²) >= 11 is 0. The van der Waals surface area contributed by atoms with Gasteiger partial charge in [-0.2, -0.15) is 0 Å². The maximum Gasteiger partial charge on any atom is 0.242 e. The predicted octanol–water partition coefficient (Wildman–Crippen LogP) is 12.0. The van der Waals surface area contributed by atoms with E-state index in [1.54, 1.807) is 22.3 Å². The average Bonchev–Trinajstić information content (AvgIpc) is 3.08. The summed E-state index contributed by atoms with van der Waals surface area (Å²) in [5.74, 6) is 0.0265. The molecule has 52 heavy (non-hydrogen) atoms. The molecule has 3 N–H and O–H groups in total. The van der Waals surface area contributed by atoms with Gasteiger partial charge >= 0.3 is 0 Å². The Hall–Kier alpha value is -2.11. The van der Waals surface area contributed by atoms with E-state index in [9.17, 15) is 14.4 Å². The molecule has 0 saturated carbocycles. The normalized spacial score (nSPS) is 17.6. The van der Waals surface area contributed by atoms with Crippen LogP contribution in [0.4, 0.5) is 0 Å². The third-order valence-corrected chi connectivity index (χ3v) is 12.3. The third-order valence-electron chi connectivity index (χ3n) is 12.3. The second kappa shape index (κ2) is 25.8. The second-order valence-corrected chi connectivity index (χ2v) is 17.8. The number of amides is 3. The van der Waals surface area contributed by atoms with Crippen LogP contribution in [0.5, 0.6) is 0 Å². The van der Waals surface area contributed by atoms with E-state index in [4.69, 9.17) is 0 Å². The molecule has 0 aliphatic heterocycles. The Bertz CT molecular complexity index is 1120. The van der Waals surface area contributed by atoms with E-state index in [2.05, 4.69) is 64.4 Å². The highest BCUT2D eigenvalue weighted by Crippen LogP contribution is 2.43. The van der Waals surface area contributed by atoms with Gasteiger partial charge in [-0.25, -0.2) is 0 Å². The summed E-state index contributed by atoms with van der Waals surface area (Å²) < 4.78 is 0. The van der Waals surface area contributed by atoms with Crippen LogP contribution < -0.4 is 16.0 Å². The van der Waals surface area contributed by atoms with E-state index in [0.717, 1.165) is 51.4 Å². The summed E-state index contributed by atoms with van der Waals surface area (Å²) in [7, 11) is 0. The van der Waals surface area contributed by atoms with Gasteiger partial charge in [0, 0.05) is 25.9 Å². The van der Waals surface area contributed by atoms with Crippen molar-refractivity contribution in [1.29, 1.82) is 0 Å². The van der Waals surface area contributed by atoms with Gasteiger partial charge in [-0.15, -0.1) is 0 Å². The molecule has 2 aliphatic carbocycles. The standard InChI is InChI=1S/C46H83N3O3/c1-8-9-35-48-44(52)41(49-43(51)32-21-17-13-11-15-19-29-40-38(3)27-25-34-46(40,6)7)30-22-23-36-47-42(50)31-20-16-12-10-14-18-28-39-37(2)26-24-33-45(39,4)5/h41H,8-36H2,1-7H3,(H,47,50)(H,48,52)(H,49,51). The molecule has 1 atom stereocenters. The van der Waals surface area contributed by atoms with Crippen LogP contribution in [0.3, 0.4) is 0 Å². The van der Waals surface area contributed by atoms with Crippen LogP contribution in [0.15, 0.2) is 22.3 Å². The summed E-state index contributed by atoms with van der Waals surface area (Å²) in [4.78, 5) is 38.1. The van der Waals surface area contributed by atoms with Crippen molar-refractivity contribution < 1.29 is 14.4 Å².